The fourth-order valence-corrected chi connectivity index (χ4v) is 2.80. The van der Waals surface area contributed by atoms with Gasteiger partial charge in [-0.2, -0.15) is 0 Å². The van der Waals surface area contributed by atoms with E-state index in [1.165, 1.54) is 7.11 Å². The zero-order chi connectivity index (χ0) is 18.0. The Bertz CT molecular complexity index is 1010. The van der Waals surface area contributed by atoms with Crippen LogP contribution in [0.15, 0.2) is 47.3 Å². The Morgan fingerprint density at radius 1 is 1.16 bits per heavy atom. The number of aromatic amines is 1. The highest BCUT2D eigenvalue weighted by Crippen LogP contribution is 2.19. The van der Waals surface area contributed by atoms with Crippen LogP contribution in [-0.4, -0.2) is 18.0 Å². The van der Waals surface area contributed by atoms with Crippen LogP contribution >= 0.6 is 0 Å². The number of benzene rings is 2. The van der Waals surface area contributed by atoms with Gasteiger partial charge < -0.3 is 15.0 Å². The molecule has 0 unspecified atom stereocenters. The molecule has 25 heavy (non-hydrogen) atoms. The minimum Gasteiger partial charge on any atom is -0.496 e. The molecule has 2 aromatic carbocycles. The molecule has 0 aliphatic carbocycles. The van der Waals surface area contributed by atoms with E-state index in [0.29, 0.717) is 16.9 Å². The van der Waals surface area contributed by atoms with Gasteiger partial charge in [0.25, 0.3) is 11.5 Å². The Balaban J connectivity index is 1.86. The lowest BCUT2D eigenvalue weighted by Gasteiger charge is -2.10. The van der Waals surface area contributed by atoms with Crippen LogP contribution < -0.4 is 15.6 Å². The first-order valence-electron chi connectivity index (χ1n) is 8.04. The summed E-state index contributed by atoms with van der Waals surface area (Å²) in [6, 6.07) is 12.8. The predicted molar refractivity (Wildman–Crippen MR) is 98.2 cm³/mol. The van der Waals surface area contributed by atoms with Crippen LogP contribution in [-0.2, 0) is 6.54 Å². The molecule has 3 aromatic rings. The summed E-state index contributed by atoms with van der Waals surface area (Å²) in [5.41, 5.74) is 3.78. The van der Waals surface area contributed by atoms with Crippen molar-refractivity contribution < 1.29 is 9.53 Å². The molecular weight excluding hydrogens is 316 g/mol. The van der Waals surface area contributed by atoms with Crippen LogP contribution in [0.1, 0.15) is 27.0 Å². The third-order valence-electron chi connectivity index (χ3n) is 4.42. The van der Waals surface area contributed by atoms with E-state index in [4.69, 9.17) is 4.74 Å². The van der Waals surface area contributed by atoms with Gasteiger partial charge in [0.05, 0.1) is 18.2 Å². The zero-order valence-corrected chi connectivity index (χ0v) is 14.5. The molecule has 0 atom stereocenters. The highest BCUT2D eigenvalue weighted by Gasteiger charge is 2.12. The molecule has 5 heteroatoms. The molecule has 128 valence electrons. The zero-order valence-electron chi connectivity index (χ0n) is 14.5. The average Bonchev–Trinajstić information content (AvgIpc) is 2.63. The summed E-state index contributed by atoms with van der Waals surface area (Å²) in [5.74, 6) is 0.218. The number of hydrogen-bond donors (Lipinski definition) is 2. The van der Waals surface area contributed by atoms with Crippen molar-refractivity contribution >= 4 is 16.8 Å². The Labute approximate surface area is 145 Å². The quantitative estimate of drug-likeness (QED) is 0.769. The Hall–Kier alpha value is -3.08. The number of para-hydroxylation sites is 1. The van der Waals surface area contributed by atoms with Crippen molar-refractivity contribution in [1.29, 1.82) is 0 Å². The van der Waals surface area contributed by atoms with Gasteiger partial charge in [0, 0.05) is 12.1 Å². The van der Waals surface area contributed by atoms with Crippen LogP contribution in [0, 0.1) is 13.8 Å². The molecule has 3 rings (SSSR count). The summed E-state index contributed by atoms with van der Waals surface area (Å²) >= 11 is 0. The maximum absolute atomic E-state index is 12.4. The van der Waals surface area contributed by atoms with Gasteiger partial charge in [0.1, 0.15) is 5.75 Å². The number of fused-ring (bicyclic) bond motifs is 1. The predicted octanol–water partition coefficient (Wildman–Crippen LogP) is 3.08. The van der Waals surface area contributed by atoms with Crippen LogP contribution in [0.2, 0.25) is 0 Å². The molecule has 0 saturated carbocycles. The molecular formula is C20H20N2O3. The molecule has 2 N–H and O–H groups in total. The van der Waals surface area contributed by atoms with E-state index in [-0.39, 0.29) is 18.0 Å². The van der Waals surface area contributed by atoms with Gasteiger partial charge in [-0.15, -0.1) is 0 Å². The fraction of sp³-hybridized carbons (Fsp3) is 0.200. The second-order valence-corrected chi connectivity index (χ2v) is 5.98. The minimum atomic E-state index is -0.281. The van der Waals surface area contributed by atoms with Gasteiger partial charge in [0.15, 0.2) is 0 Å². The number of ether oxygens (including phenoxy) is 1. The maximum atomic E-state index is 12.4. The number of carbonyl (C=O) groups excluding carboxylic acids is 1. The standard InChI is InChI=1S/C20H20N2O3/c1-12-8-9-14-10-15(19(23)22-18(14)13(12)2)11-21-20(24)16-6-4-5-7-17(16)25-3/h4-10H,11H2,1-3H3,(H,21,24)(H,22,23). The van der Waals surface area contributed by atoms with Crippen molar-refractivity contribution in [3.63, 3.8) is 0 Å². The summed E-state index contributed by atoms with van der Waals surface area (Å²) in [6.07, 6.45) is 0. The van der Waals surface area contributed by atoms with E-state index in [2.05, 4.69) is 10.3 Å². The largest absolute Gasteiger partial charge is 0.496 e. The van der Waals surface area contributed by atoms with E-state index in [1.807, 2.05) is 32.0 Å². The second kappa shape index (κ2) is 6.81. The lowest BCUT2D eigenvalue weighted by Crippen LogP contribution is -2.27. The van der Waals surface area contributed by atoms with Gasteiger partial charge in [0.2, 0.25) is 0 Å². The van der Waals surface area contributed by atoms with Crippen LogP contribution in [0.25, 0.3) is 10.9 Å². The molecule has 0 saturated heterocycles. The molecule has 0 spiro atoms. The van der Waals surface area contributed by atoms with Crippen molar-refractivity contribution in [2.24, 2.45) is 0 Å². The van der Waals surface area contributed by atoms with E-state index >= 15 is 0 Å². The maximum Gasteiger partial charge on any atom is 0.255 e. The molecule has 0 aliphatic rings. The first-order valence-corrected chi connectivity index (χ1v) is 8.04. The highest BCUT2D eigenvalue weighted by atomic mass is 16.5. The summed E-state index contributed by atoms with van der Waals surface area (Å²) < 4.78 is 5.20. The number of H-pyrrole nitrogens is 1. The number of amides is 1. The fourth-order valence-electron chi connectivity index (χ4n) is 2.80. The van der Waals surface area contributed by atoms with Crippen molar-refractivity contribution in [1.82, 2.24) is 10.3 Å². The van der Waals surface area contributed by atoms with Crippen molar-refractivity contribution in [2.45, 2.75) is 20.4 Å². The molecule has 0 aliphatic heterocycles. The smallest absolute Gasteiger partial charge is 0.255 e. The van der Waals surface area contributed by atoms with Gasteiger partial charge in [-0.25, -0.2) is 0 Å². The van der Waals surface area contributed by atoms with Crippen LogP contribution in [0.3, 0.4) is 0 Å². The lowest BCUT2D eigenvalue weighted by atomic mass is 10.0. The van der Waals surface area contributed by atoms with Crippen LogP contribution in [0.5, 0.6) is 5.75 Å². The number of rotatable bonds is 4. The molecule has 0 bridgehead atoms. The molecule has 0 fully saturated rings. The third-order valence-corrected chi connectivity index (χ3v) is 4.42. The molecule has 0 radical (unpaired) electrons. The van der Waals surface area contributed by atoms with Gasteiger partial charge in [-0.3, -0.25) is 9.59 Å². The number of methoxy groups -OCH3 is 1. The summed E-state index contributed by atoms with van der Waals surface area (Å²) in [6.45, 7) is 4.14. The van der Waals surface area contributed by atoms with Gasteiger partial charge in [-0.1, -0.05) is 24.3 Å². The van der Waals surface area contributed by atoms with Crippen molar-refractivity contribution in [3.05, 3.63) is 75.1 Å². The van der Waals surface area contributed by atoms with Crippen molar-refractivity contribution in [2.75, 3.05) is 7.11 Å². The third kappa shape index (κ3) is 3.26. The van der Waals surface area contributed by atoms with Crippen molar-refractivity contribution in [3.8, 4) is 5.75 Å². The summed E-state index contributed by atoms with van der Waals surface area (Å²) in [5, 5.41) is 3.73. The first-order chi connectivity index (χ1) is 12.0. The molecule has 1 amide bonds. The first kappa shape index (κ1) is 16.8. The summed E-state index contributed by atoms with van der Waals surface area (Å²) in [7, 11) is 1.52. The lowest BCUT2D eigenvalue weighted by molar-refractivity contribution is 0.0948. The number of aryl methyl sites for hydroxylation is 2. The molecule has 1 heterocycles. The number of hydrogen-bond acceptors (Lipinski definition) is 3. The van der Waals surface area contributed by atoms with Crippen LogP contribution in [0.4, 0.5) is 0 Å². The minimum absolute atomic E-state index is 0.148. The Morgan fingerprint density at radius 2 is 1.92 bits per heavy atom. The normalized spacial score (nSPS) is 10.7. The number of nitrogens with one attached hydrogen (secondary N) is 2. The summed E-state index contributed by atoms with van der Waals surface area (Å²) in [4.78, 5) is 27.6. The Kier molecular flexibility index (Phi) is 4.57. The van der Waals surface area contributed by atoms with Gasteiger partial charge in [-0.05, 0) is 48.6 Å². The SMILES string of the molecule is COc1ccccc1C(=O)NCc1cc2ccc(C)c(C)c2[nH]c1=O. The van der Waals surface area contributed by atoms with E-state index in [1.54, 1.807) is 24.3 Å². The number of pyridine rings is 1. The number of carbonyl (C=O) groups is 1. The molecule has 5 nitrogen and oxygen atoms in total. The number of aromatic nitrogens is 1. The van der Waals surface area contributed by atoms with E-state index in [0.717, 1.165) is 22.0 Å². The second-order valence-electron chi connectivity index (χ2n) is 5.98. The topological polar surface area (TPSA) is 71.2 Å². The van der Waals surface area contributed by atoms with Gasteiger partial charge >= 0.3 is 0 Å². The average molecular weight is 336 g/mol. The monoisotopic (exact) mass is 336 g/mol. The van der Waals surface area contributed by atoms with E-state index < -0.39 is 0 Å². The highest BCUT2D eigenvalue weighted by molar-refractivity contribution is 5.96. The van der Waals surface area contributed by atoms with E-state index in [9.17, 15) is 9.59 Å². The molecule has 1 aromatic heterocycles. The Morgan fingerprint density at radius 3 is 2.68 bits per heavy atom.